The highest BCUT2D eigenvalue weighted by Gasteiger charge is 2.16. The highest BCUT2D eigenvalue weighted by Crippen LogP contribution is 2.08. The summed E-state index contributed by atoms with van der Waals surface area (Å²) < 4.78 is 5.74. The Morgan fingerprint density at radius 1 is 1.13 bits per heavy atom. The van der Waals surface area contributed by atoms with E-state index in [1.807, 2.05) is 0 Å². The molecule has 90 valence electrons. The summed E-state index contributed by atoms with van der Waals surface area (Å²) in [6, 6.07) is 0. The van der Waals surface area contributed by atoms with E-state index in [4.69, 9.17) is 4.74 Å². The molecule has 0 atom stereocenters. The Bertz CT molecular complexity index is 177. The maximum absolute atomic E-state index is 5.74. The highest BCUT2D eigenvalue weighted by atomic mass is 16.5. The van der Waals surface area contributed by atoms with Crippen LogP contribution < -0.4 is 0 Å². The molecule has 0 aliphatic carbocycles. The van der Waals surface area contributed by atoms with Gasteiger partial charge in [0.15, 0.2) is 0 Å². The molecule has 0 amide bonds. The molecule has 1 aliphatic rings. The summed E-state index contributed by atoms with van der Waals surface area (Å²) in [4.78, 5) is 4.97. The molecule has 0 spiro atoms. The van der Waals surface area contributed by atoms with Crippen LogP contribution in [0, 0.1) is 0 Å². The van der Waals surface area contributed by atoms with Gasteiger partial charge in [0.25, 0.3) is 0 Å². The van der Waals surface area contributed by atoms with Gasteiger partial charge in [-0.05, 0) is 33.7 Å². The summed E-state index contributed by atoms with van der Waals surface area (Å²) in [5.41, 5.74) is 0.000228. The zero-order chi connectivity index (χ0) is 11.3. The number of nitrogens with zero attached hydrogens (tertiary/aromatic N) is 2. The predicted octanol–water partition coefficient (Wildman–Crippen LogP) is 1.79. The molecule has 15 heavy (non-hydrogen) atoms. The standard InChI is InChI=1S/C12H26N2O/c1-5-13-7-6-8-14(11-13)9-10-15-12(2,3)4/h5-11H2,1-4H3. The van der Waals surface area contributed by atoms with E-state index >= 15 is 0 Å². The number of hydrogen-bond acceptors (Lipinski definition) is 3. The van der Waals surface area contributed by atoms with Crippen molar-refractivity contribution >= 4 is 0 Å². The third kappa shape index (κ3) is 5.50. The van der Waals surface area contributed by atoms with Gasteiger partial charge in [0.1, 0.15) is 0 Å². The van der Waals surface area contributed by atoms with E-state index < -0.39 is 0 Å². The Morgan fingerprint density at radius 3 is 2.40 bits per heavy atom. The van der Waals surface area contributed by atoms with Crippen LogP contribution in [0.3, 0.4) is 0 Å². The van der Waals surface area contributed by atoms with Crippen molar-refractivity contribution in [2.75, 3.05) is 39.5 Å². The van der Waals surface area contributed by atoms with E-state index in [-0.39, 0.29) is 5.60 Å². The van der Waals surface area contributed by atoms with E-state index in [9.17, 15) is 0 Å². The van der Waals surface area contributed by atoms with Gasteiger partial charge in [-0.25, -0.2) is 0 Å². The normalized spacial score (nSPS) is 20.8. The lowest BCUT2D eigenvalue weighted by Gasteiger charge is -2.35. The second kappa shape index (κ2) is 5.83. The fourth-order valence-corrected chi connectivity index (χ4v) is 1.86. The zero-order valence-corrected chi connectivity index (χ0v) is 10.8. The second-order valence-electron chi connectivity index (χ2n) is 5.28. The van der Waals surface area contributed by atoms with Crippen LogP contribution in [0.2, 0.25) is 0 Å². The topological polar surface area (TPSA) is 15.7 Å². The number of rotatable bonds is 4. The first-order valence-electron chi connectivity index (χ1n) is 6.10. The molecular formula is C12H26N2O. The second-order valence-corrected chi connectivity index (χ2v) is 5.28. The van der Waals surface area contributed by atoms with E-state index in [0.717, 1.165) is 26.4 Å². The van der Waals surface area contributed by atoms with Crippen LogP contribution in [0.4, 0.5) is 0 Å². The van der Waals surface area contributed by atoms with Crippen LogP contribution in [-0.4, -0.2) is 54.9 Å². The Kier molecular flexibility index (Phi) is 5.03. The summed E-state index contributed by atoms with van der Waals surface area (Å²) >= 11 is 0. The van der Waals surface area contributed by atoms with E-state index in [2.05, 4.69) is 37.5 Å². The Morgan fingerprint density at radius 2 is 1.80 bits per heavy atom. The lowest BCUT2D eigenvalue weighted by Crippen LogP contribution is -2.46. The van der Waals surface area contributed by atoms with Crippen LogP contribution in [0.5, 0.6) is 0 Å². The first kappa shape index (κ1) is 12.9. The van der Waals surface area contributed by atoms with E-state index in [0.29, 0.717) is 0 Å². The molecule has 3 heteroatoms. The third-order valence-electron chi connectivity index (χ3n) is 2.74. The quantitative estimate of drug-likeness (QED) is 0.709. The van der Waals surface area contributed by atoms with Gasteiger partial charge in [0.2, 0.25) is 0 Å². The lowest BCUT2D eigenvalue weighted by atomic mass is 10.2. The molecule has 1 heterocycles. The SMILES string of the molecule is CCN1CCCN(CCOC(C)(C)C)C1. The fraction of sp³-hybridized carbons (Fsp3) is 1.00. The molecule has 0 N–H and O–H groups in total. The summed E-state index contributed by atoms with van der Waals surface area (Å²) in [6.45, 7) is 15.2. The van der Waals surface area contributed by atoms with Gasteiger partial charge in [0.05, 0.1) is 18.9 Å². The van der Waals surface area contributed by atoms with Gasteiger partial charge < -0.3 is 4.74 Å². The first-order chi connectivity index (χ1) is 7.01. The van der Waals surface area contributed by atoms with Gasteiger partial charge in [-0.1, -0.05) is 6.92 Å². The van der Waals surface area contributed by atoms with Crippen LogP contribution in [0.25, 0.3) is 0 Å². The molecule has 1 fully saturated rings. The molecule has 0 unspecified atom stereocenters. The van der Waals surface area contributed by atoms with Gasteiger partial charge in [-0.3, -0.25) is 9.80 Å². The molecule has 1 aliphatic heterocycles. The van der Waals surface area contributed by atoms with Crippen LogP contribution >= 0.6 is 0 Å². The summed E-state index contributed by atoms with van der Waals surface area (Å²) in [6.07, 6.45) is 1.29. The van der Waals surface area contributed by atoms with Gasteiger partial charge in [-0.15, -0.1) is 0 Å². The zero-order valence-electron chi connectivity index (χ0n) is 10.8. The van der Waals surface area contributed by atoms with Crippen LogP contribution in [-0.2, 0) is 4.74 Å². The van der Waals surface area contributed by atoms with Crippen molar-refractivity contribution in [3.05, 3.63) is 0 Å². The molecule has 0 saturated carbocycles. The van der Waals surface area contributed by atoms with Gasteiger partial charge in [-0.2, -0.15) is 0 Å². The minimum atomic E-state index is 0.000228. The lowest BCUT2D eigenvalue weighted by molar-refractivity contribution is -0.0239. The number of hydrogen-bond donors (Lipinski definition) is 0. The minimum Gasteiger partial charge on any atom is -0.375 e. The molecule has 0 aromatic heterocycles. The predicted molar refractivity (Wildman–Crippen MR) is 64.0 cm³/mol. The Hall–Kier alpha value is -0.120. The summed E-state index contributed by atoms with van der Waals surface area (Å²) in [5, 5.41) is 0. The average molecular weight is 214 g/mol. The first-order valence-corrected chi connectivity index (χ1v) is 6.10. The van der Waals surface area contributed by atoms with Crippen molar-refractivity contribution < 1.29 is 4.74 Å². The average Bonchev–Trinajstić information content (AvgIpc) is 2.16. The molecule has 3 nitrogen and oxygen atoms in total. The van der Waals surface area contributed by atoms with Gasteiger partial charge in [0, 0.05) is 19.6 Å². The van der Waals surface area contributed by atoms with Crippen molar-refractivity contribution in [2.24, 2.45) is 0 Å². The van der Waals surface area contributed by atoms with Crippen molar-refractivity contribution in [2.45, 2.75) is 39.7 Å². The smallest absolute Gasteiger partial charge is 0.0601 e. The van der Waals surface area contributed by atoms with Crippen LogP contribution in [0.1, 0.15) is 34.1 Å². The van der Waals surface area contributed by atoms with Crippen molar-refractivity contribution in [1.82, 2.24) is 9.80 Å². The Balaban J connectivity index is 2.15. The molecule has 1 saturated heterocycles. The van der Waals surface area contributed by atoms with Crippen molar-refractivity contribution in [3.63, 3.8) is 0 Å². The molecule has 0 bridgehead atoms. The third-order valence-corrected chi connectivity index (χ3v) is 2.74. The monoisotopic (exact) mass is 214 g/mol. The summed E-state index contributed by atoms with van der Waals surface area (Å²) in [7, 11) is 0. The van der Waals surface area contributed by atoms with Crippen LogP contribution in [0.15, 0.2) is 0 Å². The molecular weight excluding hydrogens is 188 g/mol. The van der Waals surface area contributed by atoms with Crippen molar-refractivity contribution in [1.29, 1.82) is 0 Å². The Labute approximate surface area is 94.4 Å². The van der Waals surface area contributed by atoms with Gasteiger partial charge >= 0.3 is 0 Å². The van der Waals surface area contributed by atoms with E-state index in [1.54, 1.807) is 0 Å². The highest BCUT2D eigenvalue weighted by molar-refractivity contribution is 4.68. The van der Waals surface area contributed by atoms with Crippen molar-refractivity contribution in [3.8, 4) is 0 Å². The maximum Gasteiger partial charge on any atom is 0.0601 e. The molecule has 0 aromatic rings. The maximum atomic E-state index is 5.74. The molecule has 0 radical (unpaired) electrons. The number of ether oxygens (including phenoxy) is 1. The molecule has 1 rings (SSSR count). The van der Waals surface area contributed by atoms with E-state index in [1.165, 1.54) is 19.5 Å². The molecule has 0 aromatic carbocycles. The minimum absolute atomic E-state index is 0.000228. The largest absolute Gasteiger partial charge is 0.375 e. The fourth-order valence-electron chi connectivity index (χ4n) is 1.86. The summed E-state index contributed by atoms with van der Waals surface area (Å²) in [5.74, 6) is 0.